The van der Waals surface area contributed by atoms with Crippen LogP contribution in [0.15, 0.2) is 0 Å². The highest BCUT2D eigenvalue weighted by Gasteiger charge is 2.84. The van der Waals surface area contributed by atoms with Crippen LogP contribution in [-0.2, 0) is 28.5 Å². The van der Waals surface area contributed by atoms with Gasteiger partial charge in [0, 0.05) is 25.4 Å². The molecule has 8 aliphatic rings. The SMILES string of the molecule is CC(=O)O[C@@H]([C@H]1CC(C)C2[C@H](O1)[C@H](O)[C@@]1(C)[C@@H]3CC[C@H]4C(C)(C)[C@@H](O[C@H]5CN([C@@H]6CCNC6=O)CCO5)CC[C@@]45C[C@@]35CC[C@]21C)C(C)(C)O. The Kier molecular flexibility index (Phi) is 8.29. The van der Waals surface area contributed by atoms with Crippen LogP contribution in [0.3, 0.4) is 0 Å². The molecule has 0 radical (unpaired) electrons. The molecule has 3 heterocycles. The van der Waals surface area contributed by atoms with E-state index in [1.807, 2.05) is 0 Å². The number of rotatable bonds is 6. The predicted octanol–water partition coefficient (Wildman–Crippen LogP) is 4.43. The zero-order valence-electron chi connectivity index (χ0n) is 31.8. The van der Waals surface area contributed by atoms with Crippen LogP contribution < -0.4 is 5.32 Å². The molecule has 0 bridgehead atoms. The van der Waals surface area contributed by atoms with Crippen molar-refractivity contribution in [2.45, 2.75) is 162 Å². The number of carbonyl (C=O) groups is 2. The Morgan fingerprint density at radius 3 is 2.46 bits per heavy atom. The summed E-state index contributed by atoms with van der Waals surface area (Å²) >= 11 is 0. The van der Waals surface area contributed by atoms with Crippen molar-refractivity contribution in [3.05, 3.63) is 0 Å². The monoisotopic (exact) mass is 700 g/mol. The molecule has 10 heteroatoms. The van der Waals surface area contributed by atoms with Gasteiger partial charge in [-0.1, -0.05) is 34.6 Å². The Bertz CT molecular complexity index is 1380. The maximum atomic E-state index is 12.6. The van der Waals surface area contributed by atoms with Crippen LogP contribution in [0.5, 0.6) is 0 Å². The highest BCUT2D eigenvalue weighted by molar-refractivity contribution is 5.83. The number of carbonyl (C=O) groups excluding carboxylic acids is 2. The third-order valence-corrected chi connectivity index (χ3v) is 16.9. The van der Waals surface area contributed by atoms with Gasteiger partial charge in [-0.25, -0.2) is 0 Å². The summed E-state index contributed by atoms with van der Waals surface area (Å²) < 4.78 is 25.6. The molecule has 5 saturated carbocycles. The molecule has 0 aromatic heterocycles. The molecular weight excluding hydrogens is 636 g/mol. The second-order valence-electron chi connectivity index (χ2n) is 19.8. The second-order valence-corrected chi connectivity index (χ2v) is 19.8. The summed E-state index contributed by atoms with van der Waals surface area (Å²) in [5.41, 5.74) is -1.15. The summed E-state index contributed by atoms with van der Waals surface area (Å²) in [6.07, 6.45) is 7.04. The van der Waals surface area contributed by atoms with Gasteiger partial charge in [-0.05, 0) is 117 Å². The minimum Gasteiger partial charge on any atom is -0.457 e. The van der Waals surface area contributed by atoms with Gasteiger partial charge in [0.25, 0.3) is 0 Å². The summed E-state index contributed by atoms with van der Waals surface area (Å²) in [4.78, 5) is 26.8. The number of fused-ring (bicyclic) bond motifs is 4. The van der Waals surface area contributed by atoms with Crippen LogP contribution in [0.4, 0.5) is 0 Å². The molecule has 15 atom stereocenters. The lowest BCUT2D eigenvalue weighted by Crippen LogP contribution is -2.60. The molecule has 2 spiro atoms. The van der Waals surface area contributed by atoms with Crippen molar-refractivity contribution in [1.82, 2.24) is 10.2 Å². The summed E-state index contributed by atoms with van der Waals surface area (Å²) in [6.45, 7) is 19.5. The topological polar surface area (TPSA) is 127 Å². The quantitative estimate of drug-likeness (QED) is 0.345. The van der Waals surface area contributed by atoms with Crippen LogP contribution in [0.2, 0.25) is 0 Å². The van der Waals surface area contributed by atoms with Crippen LogP contribution >= 0.6 is 0 Å². The Morgan fingerprint density at radius 1 is 1.06 bits per heavy atom. The highest BCUT2D eigenvalue weighted by Crippen LogP contribution is 2.89. The molecule has 10 nitrogen and oxygen atoms in total. The normalized spacial score (nSPS) is 51.7. The summed E-state index contributed by atoms with van der Waals surface area (Å²) in [5.74, 6) is 1.13. The highest BCUT2D eigenvalue weighted by atomic mass is 16.7. The summed E-state index contributed by atoms with van der Waals surface area (Å²) in [6, 6.07) is -0.0709. The van der Waals surface area contributed by atoms with E-state index in [1.54, 1.807) is 13.8 Å². The van der Waals surface area contributed by atoms with Gasteiger partial charge in [0.05, 0.1) is 49.2 Å². The molecule has 2 unspecified atom stereocenters. The van der Waals surface area contributed by atoms with E-state index >= 15 is 0 Å². The number of hydrogen-bond donors (Lipinski definition) is 3. The van der Waals surface area contributed by atoms with Gasteiger partial charge in [0.2, 0.25) is 5.91 Å². The summed E-state index contributed by atoms with van der Waals surface area (Å²) in [5, 5.41) is 26.6. The molecule has 3 saturated heterocycles. The molecule has 5 aliphatic carbocycles. The van der Waals surface area contributed by atoms with Crippen LogP contribution in [0, 0.1) is 50.7 Å². The van der Waals surface area contributed by atoms with Gasteiger partial charge in [-0.2, -0.15) is 0 Å². The average Bonchev–Trinajstić information content (AvgIpc) is 3.44. The first-order valence-corrected chi connectivity index (χ1v) is 19.9. The van der Waals surface area contributed by atoms with Gasteiger partial charge >= 0.3 is 5.97 Å². The first-order valence-electron chi connectivity index (χ1n) is 19.9. The number of hydrogen-bond acceptors (Lipinski definition) is 9. The third kappa shape index (κ3) is 4.79. The van der Waals surface area contributed by atoms with E-state index in [-0.39, 0.29) is 69.4 Å². The average molecular weight is 701 g/mol. The molecule has 8 rings (SSSR count). The molecule has 50 heavy (non-hydrogen) atoms. The predicted molar refractivity (Wildman–Crippen MR) is 186 cm³/mol. The van der Waals surface area contributed by atoms with E-state index in [1.165, 1.54) is 19.8 Å². The van der Waals surface area contributed by atoms with Gasteiger partial charge in [0.1, 0.15) is 0 Å². The number of nitrogens with one attached hydrogen (secondary N) is 1. The Balaban J connectivity index is 1.02. The molecule has 3 aliphatic heterocycles. The fraction of sp³-hybridized carbons (Fsp3) is 0.950. The minimum absolute atomic E-state index is 0.0132. The van der Waals surface area contributed by atoms with E-state index in [9.17, 15) is 19.8 Å². The number of aliphatic hydroxyl groups excluding tert-OH is 1. The van der Waals surface area contributed by atoms with Crippen LogP contribution in [0.25, 0.3) is 0 Å². The Labute approximate surface area is 299 Å². The summed E-state index contributed by atoms with van der Waals surface area (Å²) in [7, 11) is 0. The molecule has 0 aromatic rings. The molecular formula is C40H64N2O8. The number of nitrogens with zero attached hydrogens (tertiary/aromatic N) is 1. The van der Waals surface area contributed by atoms with Crippen LogP contribution in [-0.4, -0.2) is 102 Å². The Hall–Kier alpha value is -1.30. The Morgan fingerprint density at radius 2 is 1.78 bits per heavy atom. The third-order valence-electron chi connectivity index (χ3n) is 16.9. The number of ether oxygens (including phenoxy) is 4. The maximum absolute atomic E-state index is 12.6. The maximum Gasteiger partial charge on any atom is 0.303 e. The number of amides is 1. The van der Waals surface area contributed by atoms with Crippen molar-refractivity contribution in [1.29, 1.82) is 0 Å². The number of aliphatic hydroxyl groups is 2. The van der Waals surface area contributed by atoms with Gasteiger partial charge < -0.3 is 34.5 Å². The van der Waals surface area contributed by atoms with E-state index in [0.29, 0.717) is 31.4 Å². The first-order chi connectivity index (χ1) is 23.4. The number of morpholine rings is 1. The van der Waals surface area contributed by atoms with Crippen molar-refractivity contribution in [2.75, 3.05) is 26.2 Å². The van der Waals surface area contributed by atoms with Crippen molar-refractivity contribution in [3.8, 4) is 0 Å². The van der Waals surface area contributed by atoms with E-state index in [4.69, 9.17) is 18.9 Å². The van der Waals surface area contributed by atoms with Crippen molar-refractivity contribution < 1.29 is 38.7 Å². The standard InChI is InChI=1S/C40H64N2O8/c1-22-19-25(33(36(5,6)46)48-23(2)43)49-31-30(22)37(7)14-15-40-21-39(40)13-11-28(35(3,4)26(39)9-10-27(40)38(37,8)32(31)44)50-29-20-42(17-18-47-29)24-12-16-41-34(24)45/h22,24-33,44,46H,9-21H2,1-8H3,(H,41,45)/t22?,24-,25-,26+,27+,28+,29+,30?,31+,32+,33+,37-,38-,39-,40+/m1/s1. The van der Waals surface area contributed by atoms with Crippen molar-refractivity contribution >= 4 is 11.9 Å². The molecule has 3 N–H and O–H groups in total. The molecule has 8 fully saturated rings. The fourth-order valence-corrected chi connectivity index (χ4v) is 14.7. The smallest absolute Gasteiger partial charge is 0.303 e. The minimum atomic E-state index is -1.26. The lowest BCUT2D eigenvalue weighted by Gasteiger charge is -2.64. The van der Waals surface area contributed by atoms with Gasteiger partial charge in [-0.15, -0.1) is 0 Å². The first kappa shape index (κ1) is 35.7. The van der Waals surface area contributed by atoms with Crippen LogP contribution in [0.1, 0.15) is 113 Å². The molecule has 1 amide bonds. The van der Waals surface area contributed by atoms with Gasteiger partial charge in [0.15, 0.2) is 12.4 Å². The lowest BCUT2D eigenvalue weighted by molar-refractivity contribution is -0.250. The van der Waals surface area contributed by atoms with E-state index < -0.39 is 29.9 Å². The van der Waals surface area contributed by atoms with E-state index in [0.717, 1.165) is 51.6 Å². The lowest BCUT2D eigenvalue weighted by atomic mass is 9.41. The molecule has 282 valence electrons. The zero-order chi connectivity index (χ0) is 35.8. The fourth-order valence-electron chi connectivity index (χ4n) is 14.7. The van der Waals surface area contributed by atoms with E-state index in [2.05, 4.69) is 44.8 Å². The molecule has 0 aromatic carbocycles. The number of esters is 1. The van der Waals surface area contributed by atoms with Crippen molar-refractivity contribution in [2.24, 2.45) is 50.7 Å². The zero-order valence-corrected chi connectivity index (χ0v) is 31.8. The van der Waals surface area contributed by atoms with Crippen molar-refractivity contribution in [3.63, 3.8) is 0 Å². The largest absolute Gasteiger partial charge is 0.457 e. The second kappa shape index (κ2) is 11.6. The van der Waals surface area contributed by atoms with Gasteiger partial charge in [-0.3, -0.25) is 14.5 Å².